The number of benzene rings is 1. The molecule has 0 amide bonds. The van der Waals surface area contributed by atoms with Gasteiger partial charge in [0.15, 0.2) is 0 Å². The molecule has 0 aliphatic rings. The molecule has 0 aliphatic carbocycles. The van der Waals surface area contributed by atoms with E-state index in [4.69, 9.17) is 0 Å². The standard InChI is InChI=1S/C13H14Br2N2O2S2/c1-3-9-6-16-13(20-9)7-17-21(18,19)12-5-10(14)8(2)4-11(12)15/h4-6,17H,3,7H2,1-2H3. The summed E-state index contributed by atoms with van der Waals surface area (Å²) in [6, 6.07) is 3.37. The Hall–Kier alpha value is -0.280. The van der Waals surface area contributed by atoms with E-state index in [2.05, 4.69) is 41.6 Å². The molecular formula is C13H14Br2N2O2S2. The van der Waals surface area contributed by atoms with Gasteiger partial charge in [-0.05, 0) is 47.0 Å². The van der Waals surface area contributed by atoms with E-state index < -0.39 is 10.0 Å². The molecule has 114 valence electrons. The maximum absolute atomic E-state index is 12.4. The first kappa shape index (κ1) is 17.1. The average Bonchev–Trinajstić information content (AvgIpc) is 2.88. The predicted octanol–water partition coefficient (Wildman–Crippen LogP) is 4.02. The number of halogens is 2. The van der Waals surface area contributed by atoms with Gasteiger partial charge in [0.05, 0.1) is 11.4 Å². The second-order valence-corrected chi connectivity index (χ2v) is 9.07. The Morgan fingerprint density at radius 1 is 1.29 bits per heavy atom. The second kappa shape index (κ2) is 6.87. The maximum Gasteiger partial charge on any atom is 0.242 e. The summed E-state index contributed by atoms with van der Waals surface area (Å²) in [4.78, 5) is 5.57. The van der Waals surface area contributed by atoms with Crippen molar-refractivity contribution in [3.8, 4) is 0 Å². The molecule has 0 bridgehead atoms. The van der Waals surface area contributed by atoms with E-state index in [-0.39, 0.29) is 11.4 Å². The largest absolute Gasteiger partial charge is 0.248 e. The molecule has 0 saturated heterocycles. The van der Waals surface area contributed by atoms with Gasteiger partial charge in [0.2, 0.25) is 10.0 Å². The van der Waals surface area contributed by atoms with Crippen molar-refractivity contribution in [2.24, 2.45) is 0 Å². The smallest absolute Gasteiger partial charge is 0.242 e. The Balaban J connectivity index is 2.20. The molecular weight excluding hydrogens is 440 g/mol. The van der Waals surface area contributed by atoms with E-state index in [0.29, 0.717) is 4.47 Å². The van der Waals surface area contributed by atoms with Crippen molar-refractivity contribution in [3.63, 3.8) is 0 Å². The Kier molecular flexibility index (Phi) is 5.59. The molecule has 8 heteroatoms. The van der Waals surface area contributed by atoms with Gasteiger partial charge in [-0.1, -0.05) is 22.9 Å². The van der Waals surface area contributed by atoms with Crippen LogP contribution in [0.4, 0.5) is 0 Å². The summed E-state index contributed by atoms with van der Waals surface area (Å²) >= 11 is 8.18. The molecule has 0 atom stereocenters. The van der Waals surface area contributed by atoms with E-state index in [1.165, 1.54) is 11.3 Å². The van der Waals surface area contributed by atoms with Gasteiger partial charge in [0.1, 0.15) is 5.01 Å². The van der Waals surface area contributed by atoms with Crippen LogP contribution in [0, 0.1) is 6.92 Å². The maximum atomic E-state index is 12.4. The lowest BCUT2D eigenvalue weighted by molar-refractivity contribution is 0.580. The first-order valence-electron chi connectivity index (χ1n) is 6.22. The van der Waals surface area contributed by atoms with E-state index >= 15 is 0 Å². The Bertz CT molecular complexity index is 758. The Morgan fingerprint density at radius 2 is 2.00 bits per heavy atom. The van der Waals surface area contributed by atoms with Crippen LogP contribution in [0.5, 0.6) is 0 Å². The van der Waals surface area contributed by atoms with Gasteiger partial charge >= 0.3 is 0 Å². The lowest BCUT2D eigenvalue weighted by atomic mass is 10.2. The van der Waals surface area contributed by atoms with Crippen LogP contribution in [-0.4, -0.2) is 13.4 Å². The predicted molar refractivity (Wildman–Crippen MR) is 92.1 cm³/mol. The molecule has 21 heavy (non-hydrogen) atoms. The zero-order valence-electron chi connectivity index (χ0n) is 11.5. The summed E-state index contributed by atoms with van der Waals surface area (Å²) in [5, 5.41) is 0.762. The molecule has 1 aromatic heterocycles. The van der Waals surface area contributed by atoms with Crippen molar-refractivity contribution in [3.05, 3.63) is 42.7 Å². The number of rotatable bonds is 5. The van der Waals surface area contributed by atoms with Gasteiger partial charge in [-0.2, -0.15) is 0 Å². The third-order valence-electron chi connectivity index (χ3n) is 2.87. The highest BCUT2D eigenvalue weighted by atomic mass is 79.9. The van der Waals surface area contributed by atoms with E-state index in [0.717, 1.165) is 26.3 Å². The summed E-state index contributed by atoms with van der Waals surface area (Å²) in [7, 11) is -3.59. The molecule has 1 N–H and O–H groups in total. The fraction of sp³-hybridized carbons (Fsp3) is 0.308. The topological polar surface area (TPSA) is 59.1 Å². The van der Waals surface area contributed by atoms with Crippen LogP contribution in [0.15, 0.2) is 32.2 Å². The average molecular weight is 454 g/mol. The number of sulfonamides is 1. The van der Waals surface area contributed by atoms with Crippen molar-refractivity contribution in [2.45, 2.75) is 31.7 Å². The van der Waals surface area contributed by atoms with Gasteiger partial charge in [-0.15, -0.1) is 11.3 Å². The zero-order chi connectivity index (χ0) is 15.6. The summed E-state index contributed by atoms with van der Waals surface area (Å²) < 4.78 is 28.7. The molecule has 0 radical (unpaired) electrons. The lowest BCUT2D eigenvalue weighted by Gasteiger charge is -2.09. The zero-order valence-corrected chi connectivity index (χ0v) is 16.3. The number of nitrogens with one attached hydrogen (secondary N) is 1. The van der Waals surface area contributed by atoms with E-state index in [1.54, 1.807) is 18.3 Å². The van der Waals surface area contributed by atoms with Gasteiger partial charge in [0, 0.05) is 20.0 Å². The number of nitrogens with zero attached hydrogens (tertiary/aromatic N) is 1. The fourth-order valence-corrected chi connectivity index (χ4v) is 5.22. The first-order chi connectivity index (χ1) is 9.83. The number of hydrogen-bond donors (Lipinski definition) is 1. The molecule has 1 aromatic carbocycles. The molecule has 0 saturated carbocycles. The second-order valence-electron chi connectivity index (χ2n) is 4.43. The molecule has 0 aliphatic heterocycles. The van der Waals surface area contributed by atoms with Gasteiger partial charge in [-0.3, -0.25) is 0 Å². The third-order valence-corrected chi connectivity index (χ3v) is 7.22. The molecule has 0 spiro atoms. The SMILES string of the molecule is CCc1cnc(CNS(=O)(=O)c2cc(Br)c(C)cc2Br)s1. The molecule has 1 heterocycles. The van der Waals surface area contributed by atoms with Gasteiger partial charge < -0.3 is 0 Å². The highest BCUT2D eigenvalue weighted by Gasteiger charge is 2.19. The van der Waals surface area contributed by atoms with Crippen molar-refractivity contribution >= 4 is 53.2 Å². The molecule has 4 nitrogen and oxygen atoms in total. The van der Waals surface area contributed by atoms with E-state index in [9.17, 15) is 8.42 Å². The van der Waals surface area contributed by atoms with E-state index in [1.807, 2.05) is 13.8 Å². The summed E-state index contributed by atoms with van der Waals surface area (Å²) in [6.45, 7) is 4.15. The number of hydrogen-bond acceptors (Lipinski definition) is 4. The first-order valence-corrected chi connectivity index (χ1v) is 10.1. The normalized spacial score (nSPS) is 11.8. The lowest BCUT2D eigenvalue weighted by Crippen LogP contribution is -2.23. The Morgan fingerprint density at radius 3 is 2.62 bits per heavy atom. The highest BCUT2D eigenvalue weighted by Crippen LogP contribution is 2.29. The minimum atomic E-state index is -3.59. The van der Waals surface area contributed by atoms with Crippen molar-refractivity contribution in [1.29, 1.82) is 0 Å². The quantitative estimate of drug-likeness (QED) is 0.743. The molecule has 0 fully saturated rings. The van der Waals surface area contributed by atoms with Gasteiger partial charge in [-0.25, -0.2) is 18.1 Å². The third kappa shape index (κ3) is 4.13. The summed E-state index contributed by atoms with van der Waals surface area (Å²) in [5.41, 5.74) is 0.966. The van der Waals surface area contributed by atoms with Crippen molar-refractivity contribution in [2.75, 3.05) is 0 Å². The number of aromatic nitrogens is 1. The van der Waals surface area contributed by atoms with Crippen LogP contribution in [0.25, 0.3) is 0 Å². The van der Waals surface area contributed by atoms with Gasteiger partial charge in [0.25, 0.3) is 0 Å². The van der Waals surface area contributed by atoms with Crippen molar-refractivity contribution < 1.29 is 8.42 Å². The Labute approximate surface area is 145 Å². The highest BCUT2D eigenvalue weighted by molar-refractivity contribution is 9.11. The molecule has 2 rings (SSSR count). The van der Waals surface area contributed by atoms with Crippen LogP contribution in [-0.2, 0) is 23.0 Å². The summed E-state index contributed by atoms with van der Waals surface area (Å²) in [6.07, 6.45) is 2.69. The fourth-order valence-electron chi connectivity index (χ4n) is 1.66. The minimum absolute atomic E-state index is 0.199. The van der Waals surface area contributed by atoms with Crippen LogP contribution in [0.2, 0.25) is 0 Å². The number of thiazole rings is 1. The number of aryl methyl sites for hydroxylation is 2. The van der Waals surface area contributed by atoms with Crippen LogP contribution >= 0.6 is 43.2 Å². The monoisotopic (exact) mass is 452 g/mol. The molecule has 2 aromatic rings. The molecule has 0 unspecified atom stereocenters. The summed E-state index contributed by atoms with van der Waals surface area (Å²) in [5.74, 6) is 0. The minimum Gasteiger partial charge on any atom is -0.248 e. The van der Waals surface area contributed by atoms with Crippen molar-refractivity contribution in [1.82, 2.24) is 9.71 Å². The van der Waals surface area contributed by atoms with Crippen LogP contribution < -0.4 is 4.72 Å². The van der Waals surface area contributed by atoms with Crippen LogP contribution in [0.3, 0.4) is 0 Å². The van der Waals surface area contributed by atoms with Crippen LogP contribution in [0.1, 0.15) is 22.4 Å².